The maximum absolute atomic E-state index is 13.1. The van der Waals surface area contributed by atoms with Crippen molar-refractivity contribution in [3.63, 3.8) is 0 Å². The summed E-state index contributed by atoms with van der Waals surface area (Å²) in [7, 11) is 1.89. The van der Waals surface area contributed by atoms with Gasteiger partial charge in [-0.15, -0.1) is 0 Å². The van der Waals surface area contributed by atoms with Crippen LogP contribution in [0.4, 0.5) is 4.39 Å². The molecule has 122 valence electrons. The molecule has 0 aliphatic rings. The highest BCUT2D eigenvalue weighted by Gasteiger charge is 2.11. The number of amides is 1. The lowest BCUT2D eigenvalue weighted by molar-refractivity contribution is -0.885. The molecule has 6 heteroatoms. The van der Waals surface area contributed by atoms with Gasteiger partial charge in [0.2, 0.25) is 0 Å². The smallest absolute Gasteiger partial charge is 0.275 e. The molecule has 0 aromatic heterocycles. The van der Waals surface area contributed by atoms with Crippen LogP contribution in [0.15, 0.2) is 42.5 Å². The third kappa shape index (κ3) is 5.82. The van der Waals surface area contributed by atoms with Gasteiger partial charge in [0.05, 0.1) is 7.05 Å². The van der Waals surface area contributed by atoms with E-state index in [-0.39, 0.29) is 11.7 Å². The number of carbonyl (C=O) groups excluding carboxylic acids is 1. The van der Waals surface area contributed by atoms with E-state index in [1.165, 1.54) is 12.1 Å². The lowest BCUT2D eigenvalue weighted by Crippen LogP contribution is -3.08. The fourth-order valence-electron chi connectivity index (χ4n) is 2.25. The molecule has 0 bridgehead atoms. The zero-order valence-corrected chi connectivity index (χ0v) is 14.2. The van der Waals surface area contributed by atoms with Crippen molar-refractivity contribution in [3.8, 4) is 0 Å². The van der Waals surface area contributed by atoms with Crippen molar-refractivity contribution in [2.24, 2.45) is 0 Å². The molecule has 1 amide bonds. The summed E-state index contributed by atoms with van der Waals surface area (Å²) in [6.07, 6.45) is 0. The predicted molar refractivity (Wildman–Crippen MR) is 90.2 cm³/mol. The van der Waals surface area contributed by atoms with Crippen LogP contribution < -0.4 is 10.2 Å². The van der Waals surface area contributed by atoms with Gasteiger partial charge in [-0.05, 0) is 29.8 Å². The number of likely N-dealkylation sites (N-methyl/N-ethyl adjacent to an activating group) is 1. The van der Waals surface area contributed by atoms with Crippen LogP contribution in [0.25, 0.3) is 0 Å². The first-order valence-corrected chi connectivity index (χ1v) is 7.96. The molecule has 0 aliphatic heterocycles. The second-order valence-electron chi connectivity index (χ2n) is 5.45. The van der Waals surface area contributed by atoms with Crippen LogP contribution in [-0.2, 0) is 17.9 Å². The number of nitrogens with one attached hydrogen (secondary N) is 2. The summed E-state index contributed by atoms with van der Waals surface area (Å²) in [5, 5.41) is 3.91. The predicted octanol–water partition coefficient (Wildman–Crippen LogP) is 2.46. The summed E-state index contributed by atoms with van der Waals surface area (Å²) >= 11 is 11.9. The number of hydrogen-bond donors (Lipinski definition) is 2. The van der Waals surface area contributed by atoms with Crippen LogP contribution in [-0.4, -0.2) is 19.5 Å². The third-order valence-electron chi connectivity index (χ3n) is 3.35. The summed E-state index contributed by atoms with van der Waals surface area (Å²) in [6.45, 7) is 1.22. The topological polar surface area (TPSA) is 33.5 Å². The third-order valence-corrected chi connectivity index (χ3v) is 3.94. The highest BCUT2D eigenvalue weighted by atomic mass is 35.5. The van der Waals surface area contributed by atoms with E-state index < -0.39 is 0 Å². The van der Waals surface area contributed by atoms with Gasteiger partial charge in [-0.3, -0.25) is 4.79 Å². The molecule has 2 aromatic carbocycles. The molecule has 0 radical (unpaired) electrons. The Morgan fingerprint density at radius 2 is 2.00 bits per heavy atom. The Bertz CT molecular complexity index is 694. The minimum absolute atomic E-state index is 0.0927. The molecule has 0 aliphatic carbocycles. The van der Waals surface area contributed by atoms with Crippen molar-refractivity contribution < 1.29 is 14.1 Å². The van der Waals surface area contributed by atoms with Gasteiger partial charge in [0.25, 0.3) is 5.91 Å². The van der Waals surface area contributed by atoms with E-state index in [4.69, 9.17) is 23.2 Å². The van der Waals surface area contributed by atoms with Gasteiger partial charge >= 0.3 is 0 Å². The molecule has 2 N–H and O–H groups in total. The Kier molecular flexibility index (Phi) is 6.39. The summed E-state index contributed by atoms with van der Waals surface area (Å²) in [5.41, 5.74) is 1.67. The van der Waals surface area contributed by atoms with E-state index in [9.17, 15) is 9.18 Å². The highest BCUT2D eigenvalue weighted by molar-refractivity contribution is 6.35. The van der Waals surface area contributed by atoms with Crippen LogP contribution in [0.1, 0.15) is 11.1 Å². The van der Waals surface area contributed by atoms with E-state index >= 15 is 0 Å². The van der Waals surface area contributed by atoms with Gasteiger partial charge in [-0.25, -0.2) is 4.39 Å². The van der Waals surface area contributed by atoms with Crippen molar-refractivity contribution in [1.82, 2.24) is 5.32 Å². The molecule has 0 heterocycles. The molecule has 1 unspecified atom stereocenters. The van der Waals surface area contributed by atoms with Crippen LogP contribution >= 0.6 is 23.2 Å². The van der Waals surface area contributed by atoms with Crippen LogP contribution in [0.5, 0.6) is 0 Å². The van der Waals surface area contributed by atoms with Gasteiger partial charge < -0.3 is 10.2 Å². The molecule has 0 spiro atoms. The van der Waals surface area contributed by atoms with Gasteiger partial charge in [0.15, 0.2) is 6.54 Å². The monoisotopic (exact) mass is 355 g/mol. The van der Waals surface area contributed by atoms with E-state index in [0.29, 0.717) is 29.7 Å². The van der Waals surface area contributed by atoms with E-state index in [0.717, 1.165) is 16.0 Å². The average molecular weight is 356 g/mol. The standard InChI is InChI=1S/C17H17Cl2FN2O/c1-22(10-12-3-2-4-15(20)7-12)11-17(23)21-9-13-5-6-14(18)8-16(13)19/h2-8H,9-11H2,1H3,(H,21,23)/p+1. The Hall–Kier alpha value is -1.62. The van der Waals surface area contributed by atoms with Crippen LogP contribution in [0, 0.1) is 5.82 Å². The average Bonchev–Trinajstić information content (AvgIpc) is 2.46. The van der Waals surface area contributed by atoms with Gasteiger partial charge in [-0.1, -0.05) is 41.4 Å². The first-order valence-electron chi connectivity index (χ1n) is 7.20. The van der Waals surface area contributed by atoms with E-state index in [1.54, 1.807) is 24.3 Å². The molecule has 2 aromatic rings. The molecular weight excluding hydrogens is 338 g/mol. The first kappa shape index (κ1) is 17.7. The first-order chi connectivity index (χ1) is 10.9. The minimum Gasteiger partial charge on any atom is -0.347 e. The molecule has 0 saturated heterocycles. The molecule has 23 heavy (non-hydrogen) atoms. The van der Waals surface area contributed by atoms with Crippen LogP contribution in [0.3, 0.4) is 0 Å². The van der Waals surface area contributed by atoms with Crippen molar-refractivity contribution in [1.29, 1.82) is 0 Å². The van der Waals surface area contributed by atoms with Gasteiger partial charge in [-0.2, -0.15) is 0 Å². The SMILES string of the molecule is C[NH+](CC(=O)NCc1ccc(Cl)cc1Cl)Cc1cccc(F)c1. The Labute approximate surface area is 145 Å². The maximum atomic E-state index is 13.1. The van der Waals surface area contributed by atoms with Crippen molar-refractivity contribution in [2.45, 2.75) is 13.1 Å². The van der Waals surface area contributed by atoms with Crippen LogP contribution in [0.2, 0.25) is 10.0 Å². The Morgan fingerprint density at radius 1 is 1.22 bits per heavy atom. The number of rotatable bonds is 6. The molecule has 0 saturated carbocycles. The van der Waals surface area contributed by atoms with Crippen molar-refractivity contribution >= 4 is 29.1 Å². The summed E-state index contributed by atoms with van der Waals surface area (Å²) in [5.74, 6) is -0.359. The maximum Gasteiger partial charge on any atom is 0.275 e. The quantitative estimate of drug-likeness (QED) is 0.819. The zero-order chi connectivity index (χ0) is 16.8. The lowest BCUT2D eigenvalue weighted by atomic mass is 10.2. The fourth-order valence-corrected chi connectivity index (χ4v) is 2.73. The van der Waals surface area contributed by atoms with Crippen molar-refractivity contribution in [3.05, 3.63) is 69.5 Å². The summed E-state index contributed by atoms with van der Waals surface area (Å²) < 4.78 is 13.1. The second-order valence-corrected chi connectivity index (χ2v) is 6.30. The fraction of sp³-hybridized carbons (Fsp3) is 0.235. The number of quaternary nitrogens is 1. The van der Waals surface area contributed by atoms with E-state index in [1.807, 2.05) is 13.1 Å². The summed E-state index contributed by atoms with van der Waals surface area (Å²) in [6, 6.07) is 11.6. The largest absolute Gasteiger partial charge is 0.347 e. The second kappa shape index (κ2) is 8.29. The van der Waals surface area contributed by atoms with Crippen molar-refractivity contribution in [2.75, 3.05) is 13.6 Å². The molecular formula is C17H18Cl2FN2O+. The zero-order valence-electron chi connectivity index (χ0n) is 12.7. The van der Waals surface area contributed by atoms with Gasteiger partial charge in [0.1, 0.15) is 12.4 Å². The lowest BCUT2D eigenvalue weighted by Gasteiger charge is -2.14. The normalized spacial score (nSPS) is 12.0. The molecule has 0 fully saturated rings. The number of halogens is 3. The minimum atomic E-state index is -0.267. The molecule has 1 atom stereocenters. The highest BCUT2D eigenvalue weighted by Crippen LogP contribution is 2.20. The Balaban J connectivity index is 1.82. The summed E-state index contributed by atoms with van der Waals surface area (Å²) in [4.78, 5) is 13.0. The van der Waals surface area contributed by atoms with Gasteiger partial charge in [0, 0.05) is 22.2 Å². The number of carbonyl (C=O) groups is 1. The molecule has 3 nitrogen and oxygen atoms in total. The Morgan fingerprint density at radius 3 is 2.70 bits per heavy atom. The number of hydrogen-bond acceptors (Lipinski definition) is 1. The van der Waals surface area contributed by atoms with E-state index in [2.05, 4.69) is 5.32 Å². The molecule has 2 rings (SSSR count). The number of benzene rings is 2.